The molecule has 1 aromatic heterocycles. The summed E-state index contributed by atoms with van der Waals surface area (Å²) in [5.74, 6) is 2.08. The van der Waals surface area contributed by atoms with E-state index in [1.54, 1.807) is 6.33 Å². The van der Waals surface area contributed by atoms with Gasteiger partial charge in [-0.1, -0.05) is 27.7 Å². The molecule has 1 N–H and O–H groups in total. The molecule has 1 atom stereocenters. The third-order valence-corrected chi connectivity index (χ3v) is 2.73. The zero-order valence-corrected chi connectivity index (χ0v) is 11.4. The Hall–Kier alpha value is -0.900. The van der Waals surface area contributed by atoms with E-state index in [0.29, 0.717) is 18.3 Å². The van der Waals surface area contributed by atoms with E-state index in [4.69, 9.17) is 0 Å². The minimum atomic E-state index is -0.299. The highest BCUT2D eigenvalue weighted by Gasteiger charge is 2.12. The highest BCUT2D eigenvalue weighted by atomic mass is 16.3. The van der Waals surface area contributed by atoms with Crippen LogP contribution in [0.1, 0.15) is 46.4 Å². The van der Waals surface area contributed by atoms with E-state index in [1.807, 2.05) is 4.68 Å². The summed E-state index contributed by atoms with van der Waals surface area (Å²) >= 11 is 0. The van der Waals surface area contributed by atoms with Crippen molar-refractivity contribution >= 4 is 0 Å². The maximum atomic E-state index is 9.95. The average Bonchev–Trinajstić information content (AvgIpc) is 2.62. The van der Waals surface area contributed by atoms with Gasteiger partial charge in [-0.25, -0.2) is 9.67 Å². The van der Waals surface area contributed by atoms with Crippen molar-refractivity contribution < 1.29 is 5.11 Å². The van der Waals surface area contributed by atoms with E-state index < -0.39 is 0 Å². The number of aromatic nitrogens is 3. The van der Waals surface area contributed by atoms with Gasteiger partial charge in [0.2, 0.25) is 0 Å². The smallest absolute Gasteiger partial charge is 0.138 e. The van der Waals surface area contributed by atoms with Crippen LogP contribution in [-0.4, -0.2) is 26.0 Å². The lowest BCUT2D eigenvalue weighted by atomic mass is 10.0. The highest BCUT2D eigenvalue weighted by molar-refractivity contribution is 4.87. The van der Waals surface area contributed by atoms with Crippen molar-refractivity contribution in [3.05, 3.63) is 12.2 Å². The zero-order valence-electron chi connectivity index (χ0n) is 11.4. The molecule has 4 heteroatoms. The summed E-state index contributed by atoms with van der Waals surface area (Å²) in [6.07, 6.45) is 3.78. The van der Waals surface area contributed by atoms with Crippen LogP contribution in [0.5, 0.6) is 0 Å². The predicted molar refractivity (Wildman–Crippen MR) is 68.6 cm³/mol. The largest absolute Gasteiger partial charge is 0.393 e. The molecule has 4 nitrogen and oxygen atoms in total. The van der Waals surface area contributed by atoms with Crippen LogP contribution in [0.2, 0.25) is 0 Å². The molecule has 0 saturated heterocycles. The van der Waals surface area contributed by atoms with Gasteiger partial charge in [0, 0.05) is 13.0 Å². The van der Waals surface area contributed by atoms with E-state index in [0.717, 1.165) is 25.2 Å². The van der Waals surface area contributed by atoms with Crippen LogP contribution in [0.4, 0.5) is 0 Å². The fraction of sp³-hybridized carbons (Fsp3) is 0.846. The first-order valence-corrected chi connectivity index (χ1v) is 6.53. The van der Waals surface area contributed by atoms with E-state index >= 15 is 0 Å². The summed E-state index contributed by atoms with van der Waals surface area (Å²) in [6.45, 7) is 9.52. The molecule has 1 unspecified atom stereocenters. The maximum absolute atomic E-state index is 9.95. The second kappa shape index (κ2) is 6.74. The Morgan fingerprint density at radius 3 is 2.47 bits per heavy atom. The Balaban J connectivity index is 2.47. The highest BCUT2D eigenvalue weighted by Crippen LogP contribution is 2.11. The molecule has 17 heavy (non-hydrogen) atoms. The quantitative estimate of drug-likeness (QED) is 0.794. The molecule has 0 aliphatic heterocycles. The molecule has 0 radical (unpaired) electrons. The Bertz CT molecular complexity index is 320. The third kappa shape index (κ3) is 5.31. The van der Waals surface area contributed by atoms with Crippen molar-refractivity contribution in [3.63, 3.8) is 0 Å². The lowest BCUT2D eigenvalue weighted by Gasteiger charge is -2.13. The molecule has 1 heterocycles. The van der Waals surface area contributed by atoms with E-state index in [9.17, 15) is 5.11 Å². The van der Waals surface area contributed by atoms with Crippen molar-refractivity contribution in [1.82, 2.24) is 14.8 Å². The van der Waals surface area contributed by atoms with E-state index in [2.05, 4.69) is 37.8 Å². The molecule has 0 fully saturated rings. The molecule has 0 spiro atoms. The van der Waals surface area contributed by atoms with Crippen molar-refractivity contribution in [2.45, 2.75) is 59.6 Å². The minimum Gasteiger partial charge on any atom is -0.393 e. The van der Waals surface area contributed by atoms with Gasteiger partial charge >= 0.3 is 0 Å². The number of hydrogen-bond donors (Lipinski definition) is 1. The SMILES string of the molecule is CC(C)CCC(O)Cc1ncnn1CC(C)C. The molecular weight excluding hydrogens is 214 g/mol. The number of hydrogen-bond acceptors (Lipinski definition) is 3. The Morgan fingerprint density at radius 1 is 1.18 bits per heavy atom. The summed E-state index contributed by atoms with van der Waals surface area (Å²) < 4.78 is 1.91. The minimum absolute atomic E-state index is 0.299. The van der Waals surface area contributed by atoms with E-state index in [-0.39, 0.29) is 6.10 Å². The van der Waals surface area contributed by atoms with Crippen molar-refractivity contribution in [3.8, 4) is 0 Å². The fourth-order valence-corrected chi connectivity index (χ4v) is 1.78. The van der Waals surface area contributed by atoms with Gasteiger partial charge in [0.15, 0.2) is 0 Å². The number of nitrogens with zero attached hydrogens (tertiary/aromatic N) is 3. The Morgan fingerprint density at radius 2 is 1.88 bits per heavy atom. The van der Waals surface area contributed by atoms with Crippen LogP contribution < -0.4 is 0 Å². The second-order valence-electron chi connectivity index (χ2n) is 5.58. The first-order valence-electron chi connectivity index (χ1n) is 6.53. The molecular formula is C13H25N3O. The lowest BCUT2D eigenvalue weighted by Crippen LogP contribution is -2.17. The van der Waals surface area contributed by atoms with E-state index in [1.165, 1.54) is 0 Å². The molecule has 0 amide bonds. The first kappa shape index (κ1) is 14.2. The van der Waals surface area contributed by atoms with Gasteiger partial charge in [0.1, 0.15) is 12.2 Å². The molecule has 0 bridgehead atoms. The summed E-state index contributed by atoms with van der Waals surface area (Å²) in [6, 6.07) is 0. The molecule has 0 saturated carbocycles. The molecule has 98 valence electrons. The van der Waals surface area contributed by atoms with Gasteiger partial charge in [0.25, 0.3) is 0 Å². The van der Waals surface area contributed by atoms with Crippen molar-refractivity contribution in [2.75, 3.05) is 0 Å². The zero-order chi connectivity index (χ0) is 12.8. The molecule has 0 aliphatic rings. The molecule has 1 aromatic rings. The summed E-state index contributed by atoms with van der Waals surface area (Å²) in [5, 5.41) is 14.1. The monoisotopic (exact) mass is 239 g/mol. The van der Waals surface area contributed by atoms with Gasteiger partial charge in [-0.15, -0.1) is 0 Å². The molecule has 0 aliphatic carbocycles. The van der Waals surface area contributed by atoms with Crippen molar-refractivity contribution in [1.29, 1.82) is 0 Å². The third-order valence-electron chi connectivity index (χ3n) is 2.73. The average molecular weight is 239 g/mol. The Kier molecular flexibility index (Phi) is 5.62. The van der Waals surface area contributed by atoms with Crippen LogP contribution in [0.3, 0.4) is 0 Å². The van der Waals surface area contributed by atoms with Gasteiger partial charge < -0.3 is 5.11 Å². The summed E-state index contributed by atoms with van der Waals surface area (Å²) in [5.41, 5.74) is 0. The van der Waals surface area contributed by atoms with Crippen LogP contribution in [0, 0.1) is 11.8 Å². The van der Waals surface area contributed by atoms with Crippen LogP contribution >= 0.6 is 0 Å². The first-order chi connectivity index (χ1) is 7.99. The molecule has 1 rings (SSSR count). The van der Waals surface area contributed by atoms with Gasteiger partial charge in [-0.2, -0.15) is 5.10 Å². The Labute approximate surface area is 104 Å². The lowest BCUT2D eigenvalue weighted by molar-refractivity contribution is 0.152. The van der Waals surface area contributed by atoms with Crippen LogP contribution in [0.25, 0.3) is 0 Å². The number of rotatable bonds is 7. The van der Waals surface area contributed by atoms with Crippen LogP contribution in [-0.2, 0) is 13.0 Å². The topological polar surface area (TPSA) is 50.9 Å². The van der Waals surface area contributed by atoms with Crippen molar-refractivity contribution in [2.24, 2.45) is 11.8 Å². The van der Waals surface area contributed by atoms with Gasteiger partial charge in [-0.3, -0.25) is 0 Å². The van der Waals surface area contributed by atoms with Gasteiger partial charge in [-0.05, 0) is 24.7 Å². The van der Waals surface area contributed by atoms with Crippen LogP contribution in [0.15, 0.2) is 6.33 Å². The molecule has 0 aromatic carbocycles. The predicted octanol–water partition coefficient (Wildman–Crippen LogP) is 2.27. The number of aliphatic hydroxyl groups is 1. The normalized spacial score (nSPS) is 13.6. The fourth-order valence-electron chi connectivity index (χ4n) is 1.78. The second-order valence-corrected chi connectivity index (χ2v) is 5.58. The summed E-state index contributed by atoms with van der Waals surface area (Å²) in [7, 11) is 0. The standard InChI is InChI=1S/C13H25N3O/c1-10(2)5-6-12(17)7-13-14-9-15-16(13)8-11(3)4/h9-12,17H,5-8H2,1-4H3. The maximum Gasteiger partial charge on any atom is 0.138 e. The summed E-state index contributed by atoms with van der Waals surface area (Å²) in [4.78, 5) is 4.23. The number of aliphatic hydroxyl groups excluding tert-OH is 1. The van der Waals surface area contributed by atoms with Gasteiger partial charge in [0.05, 0.1) is 6.10 Å².